The van der Waals surface area contributed by atoms with E-state index in [-0.39, 0.29) is 11.3 Å². The molecule has 0 N–H and O–H groups in total. The molecule has 0 bridgehead atoms. The van der Waals surface area contributed by atoms with Crippen molar-refractivity contribution in [2.75, 3.05) is 31.1 Å². The Morgan fingerprint density at radius 2 is 1.95 bits per heavy atom. The standard InChI is InChI=1S/C17H27N3O/c1-13(2)11-19-8-9-20(16(21)12-19)14-6-7-15(18-10-14)17(3,4)5/h6-7,10,13H,8-9,11-12H2,1-5H3. The molecular formula is C17H27N3O. The minimum absolute atomic E-state index is 0.0402. The molecule has 21 heavy (non-hydrogen) atoms. The van der Waals surface area contributed by atoms with E-state index >= 15 is 0 Å². The first-order valence-corrected chi connectivity index (χ1v) is 7.76. The molecule has 0 spiro atoms. The lowest BCUT2D eigenvalue weighted by Crippen LogP contribution is -2.51. The van der Waals surface area contributed by atoms with Gasteiger partial charge < -0.3 is 4.90 Å². The minimum atomic E-state index is 0.0402. The molecule has 116 valence electrons. The highest BCUT2D eigenvalue weighted by Gasteiger charge is 2.26. The first-order chi connectivity index (χ1) is 9.77. The Balaban J connectivity index is 2.05. The first-order valence-electron chi connectivity index (χ1n) is 7.76. The molecule has 0 aromatic carbocycles. The van der Waals surface area contributed by atoms with E-state index in [1.165, 1.54) is 0 Å². The van der Waals surface area contributed by atoms with Crippen LogP contribution in [0.15, 0.2) is 18.3 Å². The number of anilines is 1. The molecule has 4 heteroatoms. The Morgan fingerprint density at radius 1 is 1.24 bits per heavy atom. The van der Waals surface area contributed by atoms with Crippen molar-refractivity contribution in [1.82, 2.24) is 9.88 Å². The van der Waals surface area contributed by atoms with E-state index in [2.05, 4.69) is 44.5 Å². The van der Waals surface area contributed by atoms with Gasteiger partial charge in [0, 0.05) is 30.7 Å². The van der Waals surface area contributed by atoms with Gasteiger partial charge in [0.2, 0.25) is 5.91 Å². The van der Waals surface area contributed by atoms with Crippen LogP contribution in [-0.2, 0) is 10.2 Å². The summed E-state index contributed by atoms with van der Waals surface area (Å²) in [6, 6.07) is 4.05. The number of pyridine rings is 1. The Kier molecular flexibility index (Phi) is 4.67. The zero-order valence-electron chi connectivity index (χ0n) is 13.9. The monoisotopic (exact) mass is 289 g/mol. The molecule has 1 fully saturated rings. The number of hydrogen-bond donors (Lipinski definition) is 0. The molecule has 4 nitrogen and oxygen atoms in total. The SMILES string of the molecule is CC(C)CN1CCN(c2ccc(C(C)(C)C)nc2)C(=O)C1. The van der Waals surface area contributed by atoms with Crippen molar-refractivity contribution in [2.45, 2.75) is 40.0 Å². The maximum absolute atomic E-state index is 12.3. The number of hydrogen-bond acceptors (Lipinski definition) is 3. The molecule has 1 aliphatic rings. The highest BCUT2D eigenvalue weighted by Crippen LogP contribution is 2.23. The quantitative estimate of drug-likeness (QED) is 0.858. The van der Waals surface area contributed by atoms with Gasteiger partial charge in [-0.1, -0.05) is 34.6 Å². The third-order valence-corrected chi connectivity index (χ3v) is 3.75. The number of carbonyl (C=O) groups is 1. The van der Waals surface area contributed by atoms with Crippen LogP contribution in [0.3, 0.4) is 0 Å². The molecule has 0 unspecified atom stereocenters. The van der Waals surface area contributed by atoms with Crippen LogP contribution in [-0.4, -0.2) is 42.0 Å². The van der Waals surface area contributed by atoms with Crippen LogP contribution < -0.4 is 4.90 Å². The fourth-order valence-corrected chi connectivity index (χ4v) is 2.66. The summed E-state index contributed by atoms with van der Waals surface area (Å²) in [5.74, 6) is 0.768. The highest BCUT2D eigenvalue weighted by atomic mass is 16.2. The minimum Gasteiger partial charge on any atom is -0.308 e. The van der Waals surface area contributed by atoms with E-state index in [1.807, 2.05) is 23.2 Å². The van der Waals surface area contributed by atoms with Gasteiger partial charge in [0.25, 0.3) is 0 Å². The van der Waals surface area contributed by atoms with E-state index < -0.39 is 0 Å². The van der Waals surface area contributed by atoms with Crippen molar-refractivity contribution in [3.05, 3.63) is 24.0 Å². The average Bonchev–Trinajstić information content (AvgIpc) is 2.37. The van der Waals surface area contributed by atoms with Crippen LogP contribution in [0.5, 0.6) is 0 Å². The van der Waals surface area contributed by atoms with Crippen molar-refractivity contribution in [3.63, 3.8) is 0 Å². The van der Waals surface area contributed by atoms with Crippen LogP contribution in [0, 0.1) is 5.92 Å². The molecule has 1 saturated heterocycles. The molecule has 0 atom stereocenters. The van der Waals surface area contributed by atoms with Crippen LogP contribution >= 0.6 is 0 Å². The molecule has 1 aromatic rings. The van der Waals surface area contributed by atoms with Crippen LogP contribution in [0.1, 0.15) is 40.3 Å². The van der Waals surface area contributed by atoms with Crippen LogP contribution in [0.4, 0.5) is 5.69 Å². The zero-order chi connectivity index (χ0) is 15.6. The molecule has 0 saturated carbocycles. The van der Waals surface area contributed by atoms with Gasteiger partial charge in [-0.2, -0.15) is 0 Å². The summed E-state index contributed by atoms with van der Waals surface area (Å²) in [5.41, 5.74) is 2.01. The smallest absolute Gasteiger partial charge is 0.241 e. The van der Waals surface area contributed by atoms with E-state index in [4.69, 9.17) is 0 Å². The Bertz CT molecular complexity index is 488. The van der Waals surface area contributed by atoms with Crippen LogP contribution in [0.25, 0.3) is 0 Å². The normalized spacial score (nSPS) is 17.6. The Hall–Kier alpha value is -1.42. The second-order valence-electron chi connectivity index (χ2n) is 7.33. The molecular weight excluding hydrogens is 262 g/mol. The van der Waals surface area contributed by atoms with Crippen molar-refractivity contribution in [2.24, 2.45) is 5.92 Å². The van der Waals surface area contributed by atoms with Gasteiger partial charge >= 0.3 is 0 Å². The lowest BCUT2D eigenvalue weighted by molar-refractivity contribution is -0.121. The van der Waals surface area contributed by atoms with Gasteiger partial charge in [0.15, 0.2) is 0 Å². The number of rotatable bonds is 3. The van der Waals surface area contributed by atoms with E-state index in [0.29, 0.717) is 12.5 Å². The Labute approximate surface area is 128 Å². The summed E-state index contributed by atoms with van der Waals surface area (Å²) in [6.45, 7) is 14.0. The second kappa shape index (κ2) is 6.14. The van der Waals surface area contributed by atoms with Gasteiger partial charge in [-0.25, -0.2) is 0 Å². The fourth-order valence-electron chi connectivity index (χ4n) is 2.66. The summed E-state index contributed by atoms with van der Waals surface area (Å²) in [5, 5.41) is 0. The number of nitrogens with zero attached hydrogens (tertiary/aromatic N) is 3. The summed E-state index contributed by atoms with van der Waals surface area (Å²) < 4.78 is 0. The molecule has 1 aromatic heterocycles. The van der Waals surface area contributed by atoms with Gasteiger partial charge in [-0.15, -0.1) is 0 Å². The number of aromatic nitrogens is 1. The van der Waals surface area contributed by atoms with Gasteiger partial charge in [-0.3, -0.25) is 14.7 Å². The zero-order valence-corrected chi connectivity index (χ0v) is 13.9. The number of amides is 1. The summed E-state index contributed by atoms with van der Waals surface area (Å²) >= 11 is 0. The molecule has 2 heterocycles. The van der Waals surface area contributed by atoms with Crippen LogP contribution in [0.2, 0.25) is 0 Å². The molecule has 2 rings (SSSR count). The number of piperazine rings is 1. The van der Waals surface area contributed by atoms with E-state index in [9.17, 15) is 4.79 Å². The van der Waals surface area contributed by atoms with Crippen molar-refractivity contribution in [1.29, 1.82) is 0 Å². The largest absolute Gasteiger partial charge is 0.308 e. The van der Waals surface area contributed by atoms with Crippen molar-refractivity contribution < 1.29 is 4.79 Å². The number of carbonyl (C=O) groups excluding carboxylic acids is 1. The van der Waals surface area contributed by atoms with Gasteiger partial charge in [-0.05, 0) is 18.1 Å². The van der Waals surface area contributed by atoms with Gasteiger partial charge in [0.1, 0.15) is 0 Å². The highest BCUT2D eigenvalue weighted by molar-refractivity contribution is 5.95. The molecule has 0 aliphatic carbocycles. The third kappa shape index (κ3) is 4.03. The molecule has 1 aliphatic heterocycles. The molecule has 0 radical (unpaired) electrons. The van der Waals surface area contributed by atoms with Gasteiger partial charge in [0.05, 0.1) is 18.4 Å². The second-order valence-corrected chi connectivity index (χ2v) is 7.33. The summed E-state index contributed by atoms with van der Waals surface area (Å²) in [6.07, 6.45) is 1.83. The maximum atomic E-state index is 12.3. The van der Waals surface area contributed by atoms with E-state index in [0.717, 1.165) is 31.0 Å². The van der Waals surface area contributed by atoms with Crippen molar-refractivity contribution >= 4 is 11.6 Å². The summed E-state index contributed by atoms with van der Waals surface area (Å²) in [4.78, 5) is 20.9. The first kappa shape index (κ1) is 16.0. The predicted octanol–water partition coefficient (Wildman–Crippen LogP) is 2.68. The predicted molar refractivity (Wildman–Crippen MR) is 86.6 cm³/mol. The molecule has 1 amide bonds. The third-order valence-electron chi connectivity index (χ3n) is 3.75. The fraction of sp³-hybridized carbons (Fsp3) is 0.647. The van der Waals surface area contributed by atoms with E-state index in [1.54, 1.807) is 0 Å². The lowest BCUT2D eigenvalue weighted by Gasteiger charge is -2.35. The maximum Gasteiger partial charge on any atom is 0.241 e. The summed E-state index contributed by atoms with van der Waals surface area (Å²) in [7, 11) is 0. The van der Waals surface area contributed by atoms with Crippen molar-refractivity contribution in [3.8, 4) is 0 Å². The topological polar surface area (TPSA) is 36.4 Å². The average molecular weight is 289 g/mol. The lowest BCUT2D eigenvalue weighted by atomic mass is 9.92. The Morgan fingerprint density at radius 3 is 2.43 bits per heavy atom.